The summed E-state index contributed by atoms with van der Waals surface area (Å²) in [5.41, 5.74) is 1.43. The second-order valence-electron chi connectivity index (χ2n) is 7.34. The average molecular weight is 430 g/mol. The summed E-state index contributed by atoms with van der Waals surface area (Å²) in [5, 5.41) is 10.8. The summed E-state index contributed by atoms with van der Waals surface area (Å²) < 4.78 is 4.81. The van der Waals surface area contributed by atoms with E-state index in [9.17, 15) is 14.7 Å². The fourth-order valence-electron chi connectivity index (χ4n) is 3.51. The second-order valence-corrected chi connectivity index (χ2v) is 8.34. The fraction of sp³-hybridized carbons (Fsp3) is 0.409. The fourth-order valence-corrected chi connectivity index (χ4v) is 4.63. The molecule has 0 saturated heterocycles. The maximum Gasteiger partial charge on any atom is 0.348 e. The van der Waals surface area contributed by atoms with Gasteiger partial charge in [-0.1, -0.05) is 43.7 Å². The topological polar surface area (TPSA) is 95.5 Å². The molecule has 0 spiro atoms. The molecule has 0 fully saturated rings. The van der Waals surface area contributed by atoms with E-state index in [0.29, 0.717) is 52.5 Å². The molecule has 2 N–H and O–H groups in total. The number of ether oxygens (including phenoxy) is 1. The van der Waals surface area contributed by atoms with Crippen molar-refractivity contribution < 1.29 is 14.6 Å². The molecule has 8 heteroatoms. The summed E-state index contributed by atoms with van der Waals surface area (Å²) in [4.78, 5) is 35.1. The highest BCUT2D eigenvalue weighted by molar-refractivity contribution is 7.20. The highest BCUT2D eigenvalue weighted by Gasteiger charge is 2.21. The number of thiophene rings is 1. The number of aromatic amines is 1. The number of nitrogens with one attached hydrogen (secondary N) is 1. The largest absolute Gasteiger partial charge is 0.465 e. The number of hydrogen-bond donors (Lipinski definition) is 2. The number of aryl methyl sites for hydroxylation is 1. The molecule has 1 unspecified atom stereocenters. The number of aromatic nitrogens is 2. The van der Waals surface area contributed by atoms with E-state index in [2.05, 4.69) is 14.9 Å². The van der Waals surface area contributed by atoms with Crippen LogP contribution in [0.5, 0.6) is 0 Å². The Labute approximate surface area is 179 Å². The van der Waals surface area contributed by atoms with Gasteiger partial charge >= 0.3 is 5.97 Å². The van der Waals surface area contributed by atoms with Crippen molar-refractivity contribution in [2.24, 2.45) is 0 Å². The lowest BCUT2D eigenvalue weighted by molar-refractivity contribution is 0.0605. The molecular weight excluding hydrogens is 402 g/mol. The highest BCUT2D eigenvalue weighted by Crippen LogP contribution is 2.27. The summed E-state index contributed by atoms with van der Waals surface area (Å²) in [7, 11) is 1.32. The maximum absolute atomic E-state index is 12.7. The van der Waals surface area contributed by atoms with E-state index in [-0.39, 0.29) is 5.56 Å². The SMILES string of the molecule is CCCC(O)CN(Cc1ccccc1)Cc1nc2sc(C(=O)OC)c(C)c2c(=O)[nH]1. The lowest BCUT2D eigenvalue weighted by Gasteiger charge is -2.24. The summed E-state index contributed by atoms with van der Waals surface area (Å²) in [6, 6.07) is 9.98. The molecule has 2 heterocycles. The Hall–Kier alpha value is -2.55. The van der Waals surface area contributed by atoms with E-state index in [1.54, 1.807) is 6.92 Å². The first kappa shape index (κ1) is 22.1. The molecule has 0 bridgehead atoms. The Kier molecular flexibility index (Phi) is 7.36. The van der Waals surface area contributed by atoms with Crippen LogP contribution in [0.4, 0.5) is 0 Å². The molecule has 30 heavy (non-hydrogen) atoms. The molecule has 3 rings (SSSR count). The average Bonchev–Trinajstić information content (AvgIpc) is 3.05. The van der Waals surface area contributed by atoms with Crippen molar-refractivity contribution in [1.82, 2.24) is 14.9 Å². The molecule has 0 aliphatic rings. The number of hydrogen-bond acceptors (Lipinski definition) is 7. The predicted octanol–water partition coefficient (Wildman–Crippen LogP) is 3.24. The van der Waals surface area contributed by atoms with E-state index in [4.69, 9.17) is 4.74 Å². The number of aliphatic hydroxyl groups excluding tert-OH is 1. The van der Waals surface area contributed by atoms with Crippen LogP contribution in [0.1, 0.15) is 46.4 Å². The molecule has 1 aromatic carbocycles. The number of H-pyrrole nitrogens is 1. The molecule has 160 valence electrons. The third kappa shape index (κ3) is 5.13. The van der Waals surface area contributed by atoms with Gasteiger partial charge in [0, 0.05) is 13.1 Å². The third-order valence-electron chi connectivity index (χ3n) is 4.93. The summed E-state index contributed by atoms with van der Waals surface area (Å²) in [6.45, 7) is 5.24. The Morgan fingerprint density at radius 1 is 1.30 bits per heavy atom. The molecule has 0 aliphatic carbocycles. The quantitative estimate of drug-likeness (QED) is 0.507. The van der Waals surface area contributed by atoms with Crippen LogP contribution in [0.15, 0.2) is 35.1 Å². The minimum atomic E-state index is -0.468. The van der Waals surface area contributed by atoms with Gasteiger partial charge in [0.25, 0.3) is 5.56 Å². The second kappa shape index (κ2) is 9.97. The van der Waals surface area contributed by atoms with Crippen molar-refractivity contribution in [3.63, 3.8) is 0 Å². The van der Waals surface area contributed by atoms with Crippen LogP contribution in [0.25, 0.3) is 10.2 Å². The van der Waals surface area contributed by atoms with Crippen LogP contribution in [-0.4, -0.2) is 45.7 Å². The van der Waals surface area contributed by atoms with Crippen LogP contribution < -0.4 is 5.56 Å². The van der Waals surface area contributed by atoms with Crippen molar-refractivity contribution in [2.45, 2.75) is 45.9 Å². The maximum atomic E-state index is 12.7. The van der Waals surface area contributed by atoms with Crippen LogP contribution >= 0.6 is 11.3 Å². The molecule has 0 amide bonds. The van der Waals surface area contributed by atoms with Crippen molar-refractivity contribution in [1.29, 1.82) is 0 Å². The van der Waals surface area contributed by atoms with Gasteiger partial charge in [-0.3, -0.25) is 9.69 Å². The van der Waals surface area contributed by atoms with E-state index < -0.39 is 12.1 Å². The minimum absolute atomic E-state index is 0.271. The number of benzene rings is 1. The lowest BCUT2D eigenvalue weighted by Crippen LogP contribution is -2.33. The molecule has 0 saturated carbocycles. The van der Waals surface area contributed by atoms with E-state index in [1.165, 1.54) is 7.11 Å². The van der Waals surface area contributed by atoms with Gasteiger partial charge in [0.2, 0.25) is 0 Å². The number of rotatable bonds is 9. The highest BCUT2D eigenvalue weighted by atomic mass is 32.1. The molecule has 2 aromatic heterocycles. The zero-order valence-electron chi connectivity index (χ0n) is 17.5. The van der Waals surface area contributed by atoms with Crippen molar-refractivity contribution in [2.75, 3.05) is 13.7 Å². The van der Waals surface area contributed by atoms with Crippen LogP contribution in [0.2, 0.25) is 0 Å². The first-order valence-corrected chi connectivity index (χ1v) is 10.8. The first-order chi connectivity index (χ1) is 14.4. The van der Waals surface area contributed by atoms with Gasteiger partial charge in [0.15, 0.2) is 0 Å². The molecular formula is C22H27N3O4S. The molecule has 0 radical (unpaired) electrons. The zero-order chi connectivity index (χ0) is 21.7. The number of carbonyl (C=O) groups is 1. The number of fused-ring (bicyclic) bond motifs is 1. The van der Waals surface area contributed by atoms with Gasteiger partial charge in [-0.2, -0.15) is 0 Å². The van der Waals surface area contributed by atoms with Gasteiger partial charge in [0.1, 0.15) is 15.5 Å². The summed E-state index contributed by atoms with van der Waals surface area (Å²) >= 11 is 1.16. The van der Waals surface area contributed by atoms with Crippen LogP contribution in [-0.2, 0) is 17.8 Å². The molecule has 3 aromatic rings. The van der Waals surface area contributed by atoms with Gasteiger partial charge in [-0.25, -0.2) is 9.78 Å². The Balaban J connectivity index is 1.90. The number of nitrogens with zero attached hydrogens (tertiary/aromatic N) is 2. The van der Waals surface area contributed by atoms with E-state index in [0.717, 1.165) is 23.3 Å². The number of methoxy groups -OCH3 is 1. The standard InChI is InChI=1S/C22H27N3O4S/c1-4-8-16(26)12-25(11-15-9-6-5-7-10-15)13-17-23-20(27)18-14(2)19(22(28)29-3)30-21(18)24-17/h5-7,9-10,16,26H,4,8,11-13H2,1-3H3,(H,23,24,27). The van der Waals surface area contributed by atoms with Gasteiger partial charge < -0.3 is 14.8 Å². The zero-order valence-corrected chi connectivity index (χ0v) is 18.3. The van der Waals surface area contributed by atoms with Gasteiger partial charge in [0.05, 0.1) is 25.1 Å². The Morgan fingerprint density at radius 2 is 2.03 bits per heavy atom. The molecule has 0 aliphatic heterocycles. The number of carbonyl (C=O) groups excluding carboxylic acids is 1. The van der Waals surface area contributed by atoms with E-state index in [1.807, 2.05) is 37.3 Å². The summed E-state index contributed by atoms with van der Waals surface area (Å²) in [6.07, 6.45) is 1.15. The van der Waals surface area contributed by atoms with Gasteiger partial charge in [-0.15, -0.1) is 11.3 Å². The molecule has 7 nitrogen and oxygen atoms in total. The van der Waals surface area contributed by atoms with E-state index >= 15 is 0 Å². The Morgan fingerprint density at radius 3 is 2.70 bits per heavy atom. The monoisotopic (exact) mass is 429 g/mol. The number of aliphatic hydroxyl groups is 1. The van der Waals surface area contributed by atoms with Crippen molar-refractivity contribution >= 4 is 27.5 Å². The number of esters is 1. The minimum Gasteiger partial charge on any atom is -0.465 e. The normalized spacial score (nSPS) is 12.4. The Bertz CT molecular complexity index is 1060. The molecule has 1 atom stereocenters. The van der Waals surface area contributed by atoms with Crippen molar-refractivity contribution in [3.8, 4) is 0 Å². The lowest BCUT2D eigenvalue weighted by atomic mass is 10.1. The van der Waals surface area contributed by atoms with Crippen LogP contribution in [0, 0.1) is 6.92 Å². The van der Waals surface area contributed by atoms with Gasteiger partial charge in [-0.05, 0) is 24.5 Å². The smallest absolute Gasteiger partial charge is 0.348 e. The first-order valence-electron chi connectivity index (χ1n) is 9.97. The van der Waals surface area contributed by atoms with Crippen molar-refractivity contribution in [3.05, 3.63) is 62.5 Å². The third-order valence-corrected chi connectivity index (χ3v) is 6.10. The summed E-state index contributed by atoms with van der Waals surface area (Å²) in [5.74, 6) is 0.0367. The predicted molar refractivity (Wildman–Crippen MR) is 118 cm³/mol. The van der Waals surface area contributed by atoms with Crippen LogP contribution in [0.3, 0.4) is 0 Å².